The Morgan fingerprint density at radius 3 is 2.73 bits per heavy atom. The van der Waals surface area contributed by atoms with E-state index in [-0.39, 0.29) is 5.95 Å². The molecule has 0 atom stereocenters. The van der Waals surface area contributed by atoms with Crippen molar-refractivity contribution in [1.29, 1.82) is 0 Å². The molecule has 0 fully saturated rings. The molecule has 1 aromatic carbocycles. The number of nitrogens with two attached hydrogens (primary N) is 1. The highest BCUT2D eigenvalue weighted by Gasteiger charge is 2.01. The molecule has 6 heteroatoms. The van der Waals surface area contributed by atoms with Gasteiger partial charge in [0.25, 0.3) is 5.56 Å². The van der Waals surface area contributed by atoms with Crippen LogP contribution in [0.3, 0.4) is 0 Å². The van der Waals surface area contributed by atoms with Crippen LogP contribution in [0.15, 0.2) is 41.3 Å². The summed E-state index contributed by atoms with van der Waals surface area (Å²) in [5.74, 6) is 5.67. The van der Waals surface area contributed by atoms with Crippen molar-refractivity contribution in [1.82, 2.24) is 14.9 Å². The molecule has 0 saturated heterocycles. The number of hydrogen-bond acceptors (Lipinski definition) is 5. The van der Waals surface area contributed by atoms with E-state index in [1.54, 1.807) is 0 Å². The molecule has 2 aromatic rings. The number of nitrogens with one attached hydrogen (secondary N) is 1. The molecule has 15 heavy (non-hydrogen) atoms. The van der Waals surface area contributed by atoms with Crippen molar-refractivity contribution < 1.29 is 0 Å². The normalized spacial score (nSPS) is 9.87. The molecule has 0 bridgehead atoms. The van der Waals surface area contributed by atoms with Crippen molar-refractivity contribution in [3.63, 3.8) is 0 Å². The van der Waals surface area contributed by atoms with Crippen molar-refractivity contribution in [3.8, 4) is 0 Å². The summed E-state index contributed by atoms with van der Waals surface area (Å²) in [4.78, 5) is 11.1. The van der Waals surface area contributed by atoms with Crippen LogP contribution >= 0.6 is 0 Å². The number of hydrogen-bond donors (Lipinski definition) is 2. The summed E-state index contributed by atoms with van der Waals surface area (Å²) in [5.41, 5.74) is 0.375. The van der Waals surface area contributed by atoms with Crippen LogP contribution in [0.1, 0.15) is 0 Å². The zero-order chi connectivity index (χ0) is 10.7. The monoisotopic (exact) mass is 203 g/mol. The van der Waals surface area contributed by atoms with E-state index in [0.717, 1.165) is 16.6 Å². The first-order chi connectivity index (χ1) is 7.27. The molecular formula is C9H9N5O. The quantitative estimate of drug-likeness (QED) is 0.676. The van der Waals surface area contributed by atoms with Gasteiger partial charge >= 0.3 is 0 Å². The summed E-state index contributed by atoms with van der Waals surface area (Å²) in [7, 11) is 0. The van der Waals surface area contributed by atoms with Crippen LogP contribution in [-0.2, 0) is 0 Å². The topological polar surface area (TPSA) is 85.8 Å². The maximum atomic E-state index is 11.1. The van der Waals surface area contributed by atoms with E-state index in [2.05, 4.69) is 15.5 Å². The Morgan fingerprint density at radius 1 is 1.27 bits per heavy atom. The van der Waals surface area contributed by atoms with E-state index in [1.807, 2.05) is 30.3 Å². The van der Waals surface area contributed by atoms with Crippen LogP contribution in [0.5, 0.6) is 0 Å². The van der Waals surface area contributed by atoms with Gasteiger partial charge in [0.2, 0.25) is 5.95 Å². The Morgan fingerprint density at radius 2 is 2.00 bits per heavy atom. The zero-order valence-electron chi connectivity index (χ0n) is 7.79. The molecule has 1 heterocycles. The van der Waals surface area contributed by atoms with Crippen molar-refractivity contribution in [2.45, 2.75) is 0 Å². The number of para-hydroxylation sites is 1. The van der Waals surface area contributed by atoms with Gasteiger partial charge in [0, 0.05) is 5.69 Å². The van der Waals surface area contributed by atoms with Gasteiger partial charge in [-0.1, -0.05) is 18.2 Å². The Kier molecular flexibility index (Phi) is 2.32. The molecule has 6 nitrogen and oxygen atoms in total. The molecule has 0 aliphatic heterocycles. The number of nitrogen functional groups attached to an aromatic ring is 1. The van der Waals surface area contributed by atoms with Gasteiger partial charge in [0.05, 0.1) is 0 Å². The summed E-state index contributed by atoms with van der Waals surface area (Å²) >= 11 is 0. The Balaban J connectivity index is 2.33. The first kappa shape index (κ1) is 9.20. The molecule has 0 spiro atoms. The van der Waals surface area contributed by atoms with E-state index in [1.165, 1.54) is 0 Å². The Bertz CT molecular complexity index is 507. The van der Waals surface area contributed by atoms with Crippen LogP contribution in [-0.4, -0.2) is 14.9 Å². The van der Waals surface area contributed by atoms with E-state index in [0.29, 0.717) is 0 Å². The zero-order valence-corrected chi connectivity index (χ0v) is 7.79. The standard InChI is InChI=1S/C9H9N5O/c10-14-8(15)6-11-13-9(14)12-7-4-2-1-3-5-7/h1-6H,10H2,(H,12,13). The molecule has 0 aliphatic carbocycles. The van der Waals surface area contributed by atoms with Gasteiger partial charge in [-0.15, -0.1) is 10.2 Å². The average Bonchev–Trinajstić information content (AvgIpc) is 2.26. The van der Waals surface area contributed by atoms with E-state index in [9.17, 15) is 4.79 Å². The third-order valence-corrected chi connectivity index (χ3v) is 1.82. The minimum absolute atomic E-state index is 0.203. The maximum Gasteiger partial charge on any atom is 0.292 e. The van der Waals surface area contributed by atoms with Gasteiger partial charge in [-0.3, -0.25) is 4.79 Å². The van der Waals surface area contributed by atoms with Gasteiger partial charge in [-0.05, 0) is 12.1 Å². The van der Waals surface area contributed by atoms with E-state index >= 15 is 0 Å². The molecule has 1 aromatic heterocycles. The van der Waals surface area contributed by atoms with Gasteiger partial charge < -0.3 is 11.2 Å². The lowest BCUT2D eigenvalue weighted by Gasteiger charge is -2.06. The van der Waals surface area contributed by atoms with Crippen molar-refractivity contribution >= 4 is 11.6 Å². The molecular weight excluding hydrogens is 194 g/mol. The second kappa shape index (κ2) is 3.79. The molecule has 2 rings (SSSR count). The number of rotatable bonds is 2. The minimum atomic E-state index is -0.413. The van der Waals surface area contributed by atoms with Crippen LogP contribution in [0.25, 0.3) is 0 Å². The average molecular weight is 203 g/mol. The fourth-order valence-corrected chi connectivity index (χ4v) is 1.08. The summed E-state index contributed by atoms with van der Waals surface area (Å²) in [5, 5.41) is 10.1. The highest BCUT2D eigenvalue weighted by atomic mass is 16.1. The minimum Gasteiger partial charge on any atom is -0.333 e. The SMILES string of the molecule is Nn1c(Nc2ccccc2)nncc1=O. The van der Waals surface area contributed by atoms with Crippen LogP contribution in [0.2, 0.25) is 0 Å². The van der Waals surface area contributed by atoms with Gasteiger partial charge in [0.1, 0.15) is 6.20 Å². The van der Waals surface area contributed by atoms with Crippen molar-refractivity contribution in [2.75, 3.05) is 11.2 Å². The Hall–Kier alpha value is -2.37. The van der Waals surface area contributed by atoms with Crippen LogP contribution in [0.4, 0.5) is 11.6 Å². The van der Waals surface area contributed by atoms with Crippen LogP contribution in [0, 0.1) is 0 Å². The summed E-state index contributed by atoms with van der Waals surface area (Å²) in [6.07, 6.45) is 1.05. The number of benzene rings is 1. The highest BCUT2D eigenvalue weighted by molar-refractivity contribution is 5.52. The predicted molar refractivity (Wildman–Crippen MR) is 56.2 cm³/mol. The lowest BCUT2D eigenvalue weighted by Crippen LogP contribution is -2.30. The smallest absolute Gasteiger partial charge is 0.292 e. The number of anilines is 2. The Labute approximate surface area is 85.3 Å². The molecule has 0 unspecified atom stereocenters. The molecule has 3 N–H and O–H groups in total. The molecule has 0 amide bonds. The highest BCUT2D eigenvalue weighted by Crippen LogP contribution is 2.09. The maximum absolute atomic E-state index is 11.1. The summed E-state index contributed by atoms with van der Waals surface area (Å²) in [6, 6.07) is 9.27. The van der Waals surface area contributed by atoms with Gasteiger partial charge in [-0.2, -0.15) is 4.68 Å². The molecule has 0 saturated carbocycles. The second-order valence-electron chi connectivity index (χ2n) is 2.87. The van der Waals surface area contributed by atoms with Crippen molar-refractivity contribution in [3.05, 3.63) is 46.9 Å². The van der Waals surface area contributed by atoms with Gasteiger partial charge in [-0.25, -0.2) is 0 Å². The second-order valence-corrected chi connectivity index (χ2v) is 2.87. The molecule has 0 radical (unpaired) electrons. The van der Waals surface area contributed by atoms with E-state index in [4.69, 9.17) is 5.84 Å². The van der Waals surface area contributed by atoms with Gasteiger partial charge in [0.15, 0.2) is 0 Å². The predicted octanol–water partition coefficient (Wildman–Crippen LogP) is 0.0957. The molecule has 0 aliphatic rings. The lowest BCUT2D eigenvalue weighted by atomic mass is 10.3. The lowest BCUT2D eigenvalue weighted by molar-refractivity contribution is 0.835. The third-order valence-electron chi connectivity index (χ3n) is 1.82. The summed E-state index contributed by atoms with van der Waals surface area (Å²) < 4.78 is 0.903. The van der Waals surface area contributed by atoms with Crippen molar-refractivity contribution in [2.24, 2.45) is 0 Å². The van der Waals surface area contributed by atoms with E-state index < -0.39 is 5.56 Å². The fourth-order valence-electron chi connectivity index (χ4n) is 1.08. The fraction of sp³-hybridized carbons (Fsp3) is 0. The first-order valence-electron chi connectivity index (χ1n) is 4.29. The van der Waals surface area contributed by atoms with Crippen LogP contribution < -0.4 is 16.7 Å². The largest absolute Gasteiger partial charge is 0.333 e. The first-order valence-corrected chi connectivity index (χ1v) is 4.29. The third kappa shape index (κ3) is 1.93. The summed E-state index contributed by atoms with van der Waals surface area (Å²) in [6.45, 7) is 0. The molecule has 76 valence electrons. The number of nitrogens with zero attached hydrogens (tertiary/aromatic N) is 3. The number of aromatic nitrogens is 3.